The first kappa shape index (κ1) is 14.9. The predicted molar refractivity (Wildman–Crippen MR) is 72.3 cm³/mol. The fourth-order valence-electron chi connectivity index (χ4n) is 3.44. The Bertz CT molecular complexity index is 514. The number of aliphatic hydroxyl groups is 3. The zero-order valence-electron chi connectivity index (χ0n) is 12.0. The van der Waals surface area contributed by atoms with Gasteiger partial charge in [-0.3, -0.25) is 0 Å². The van der Waals surface area contributed by atoms with Crippen LogP contribution >= 0.6 is 0 Å². The van der Waals surface area contributed by atoms with Crippen molar-refractivity contribution in [2.24, 2.45) is 0 Å². The normalized spacial score (nSPS) is 44.6. The van der Waals surface area contributed by atoms with Gasteiger partial charge in [0.2, 0.25) is 0 Å². The van der Waals surface area contributed by atoms with E-state index in [0.717, 1.165) is 5.56 Å². The highest BCUT2D eigenvalue weighted by atomic mass is 16.7. The molecule has 6 heteroatoms. The van der Waals surface area contributed by atoms with E-state index in [1.165, 1.54) is 14.0 Å². The highest BCUT2D eigenvalue weighted by Gasteiger charge is 2.92. The number of ether oxygens (including phenoxy) is 3. The van der Waals surface area contributed by atoms with Crippen LogP contribution in [-0.4, -0.2) is 58.2 Å². The van der Waals surface area contributed by atoms with Crippen LogP contribution in [0, 0.1) is 0 Å². The minimum absolute atomic E-state index is 0.190. The van der Waals surface area contributed by atoms with Crippen molar-refractivity contribution in [2.75, 3.05) is 13.7 Å². The summed E-state index contributed by atoms with van der Waals surface area (Å²) in [4.78, 5) is 0. The summed E-state index contributed by atoms with van der Waals surface area (Å²) in [6, 6.07) is 9.40. The number of benzene rings is 1. The fraction of sp³-hybridized carbons (Fsp3) is 0.600. The number of methoxy groups -OCH3 is 1. The van der Waals surface area contributed by atoms with Gasteiger partial charge in [-0.05, 0) is 12.5 Å². The summed E-state index contributed by atoms with van der Waals surface area (Å²) >= 11 is 0. The van der Waals surface area contributed by atoms with Crippen molar-refractivity contribution in [1.82, 2.24) is 0 Å². The fourth-order valence-corrected chi connectivity index (χ4v) is 3.44. The summed E-state index contributed by atoms with van der Waals surface area (Å²) in [7, 11) is 1.40. The molecule has 1 aliphatic carbocycles. The van der Waals surface area contributed by atoms with Crippen molar-refractivity contribution in [2.45, 2.75) is 42.7 Å². The lowest BCUT2D eigenvalue weighted by atomic mass is 9.95. The third kappa shape index (κ3) is 1.69. The van der Waals surface area contributed by atoms with E-state index in [1.807, 2.05) is 30.3 Å². The average Bonchev–Trinajstić information content (AvgIpc) is 2.94. The van der Waals surface area contributed by atoms with Gasteiger partial charge in [0.25, 0.3) is 0 Å². The van der Waals surface area contributed by atoms with Crippen LogP contribution in [0.5, 0.6) is 0 Å². The van der Waals surface area contributed by atoms with E-state index in [2.05, 4.69) is 0 Å². The Kier molecular flexibility index (Phi) is 3.36. The molecule has 1 saturated heterocycles. The van der Waals surface area contributed by atoms with Gasteiger partial charge < -0.3 is 29.5 Å². The molecule has 0 radical (unpaired) electrons. The van der Waals surface area contributed by atoms with E-state index in [0.29, 0.717) is 0 Å². The van der Waals surface area contributed by atoms with Crippen molar-refractivity contribution in [3.63, 3.8) is 0 Å². The Hall–Kier alpha value is -1.02. The van der Waals surface area contributed by atoms with Crippen LogP contribution in [0.1, 0.15) is 12.5 Å². The maximum absolute atomic E-state index is 10.7. The second-order valence-electron chi connectivity index (χ2n) is 5.79. The summed E-state index contributed by atoms with van der Waals surface area (Å²) in [6.45, 7) is 1.22. The minimum atomic E-state index is -1.57. The first-order chi connectivity index (χ1) is 9.96. The Labute approximate surface area is 122 Å². The molecule has 3 rings (SSSR count). The zero-order valence-corrected chi connectivity index (χ0v) is 12.0. The highest BCUT2D eigenvalue weighted by molar-refractivity contribution is 5.40. The van der Waals surface area contributed by atoms with Gasteiger partial charge in [0, 0.05) is 7.11 Å². The van der Waals surface area contributed by atoms with Crippen molar-refractivity contribution >= 4 is 0 Å². The number of hydrogen-bond acceptors (Lipinski definition) is 6. The molecular formula is C15H20O6. The van der Waals surface area contributed by atoms with Crippen LogP contribution in [0.25, 0.3) is 0 Å². The van der Waals surface area contributed by atoms with Gasteiger partial charge in [0.05, 0.1) is 13.2 Å². The van der Waals surface area contributed by atoms with Gasteiger partial charge in [-0.2, -0.15) is 0 Å². The van der Waals surface area contributed by atoms with E-state index in [-0.39, 0.29) is 6.61 Å². The quantitative estimate of drug-likeness (QED) is 0.697. The second kappa shape index (κ2) is 4.74. The molecule has 2 fully saturated rings. The van der Waals surface area contributed by atoms with Crippen LogP contribution in [0.4, 0.5) is 0 Å². The molecule has 5 atom stereocenters. The predicted octanol–water partition coefficient (Wildman–Crippen LogP) is -0.199. The lowest BCUT2D eigenvalue weighted by Crippen LogP contribution is -2.52. The molecule has 0 bridgehead atoms. The summed E-state index contributed by atoms with van der Waals surface area (Å²) in [5, 5.41) is 30.6. The van der Waals surface area contributed by atoms with E-state index >= 15 is 0 Å². The summed E-state index contributed by atoms with van der Waals surface area (Å²) < 4.78 is 16.5. The number of hydrogen-bond donors (Lipinski definition) is 3. The zero-order chi connectivity index (χ0) is 15.3. The van der Waals surface area contributed by atoms with E-state index in [4.69, 9.17) is 14.2 Å². The highest BCUT2D eigenvalue weighted by Crippen LogP contribution is 2.66. The lowest BCUT2D eigenvalue weighted by Gasteiger charge is -2.33. The van der Waals surface area contributed by atoms with E-state index < -0.39 is 35.8 Å². The smallest absolute Gasteiger partial charge is 0.189 e. The Morgan fingerprint density at radius 2 is 1.95 bits per heavy atom. The van der Waals surface area contributed by atoms with Gasteiger partial charge >= 0.3 is 0 Å². The van der Waals surface area contributed by atoms with Gasteiger partial charge in [0.15, 0.2) is 17.5 Å². The molecule has 21 heavy (non-hydrogen) atoms. The molecule has 6 nitrogen and oxygen atoms in total. The Morgan fingerprint density at radius 3 is 2.52 bits per heavy atom. The van der Waals surface area contributed by atoms with Crippen LogP contribution < -0.4 is 0 Å². The molecule has 0 spiro atoms. The van der Waals surface area contributed by atoms with Crippen LogP contribution in [0.2, 0.25) is 0 Å². The van der Waals surface area contributed by atoms with Crippen molar-refractivity contribution in [3.8, 4) is 0 Å². The maximum atomic E-state index is 10.7. The summed E-state index contributed by atoms with van der Waals surface area (Å²) in [5.74, 6) is 0. The largest absolute Gasteiger partial charge is 0.393 e. The van der Waals surface area contributed by atoms with Crippen LogP contribution in [-0.2, 0) is 20.8 Å². The number of rotatable bonds is 5. The van der Waals surface area contributed by atoms with Crippen molar-refractivity contribution in [1.29, 1.82) is 0 Å². The Morgan fingerprint density at radius 1 is 1.29 bits per heavy atom. The standard InChI is InChI=1S/C15H20O6/c1-13(18)12(19-2)21-14(9-16)11(17)15(13,14)20-8-10-6-4-3-5-7-10/h3-7,11-12,16-18H,8-9H2,1-2H3/t11?,12-,13-,14+,15-/m0/s1. The summed E-state index contributed by atoms with van der Waals surface area (Å²) in [5.41, 5.74) is -3.41. The summed E-state index contributed by atoms with van der Waals surface area (Å²) in [6.07, 6.45) is -2.08. The average molecular weight is 296 g/mol. The molecule has 116 valence electrons. The second-order valence-corrected chi connectivity index (χ2v) is 5.79. The van der Waals surface area contributed by atoms with Gasteiger partial charge in [-0.1, -0.05) is 30.3 Å². The molecule has 1 heterocycles. The third-order valence-electron chi connectivity index (χ3n) is 4.66. The molecule has 1 unspecified atom stereocenters. The molecule has 2 aliphatic rings. The maximum Gasteiger partial charge on any atom is 0.189 e. The van der Waals surface area contributed by atoms with Crippen molar-refractivity contribution in [3.05, 3.63) is 35.9 Å². The molecule has 0 amide bonds. The molecule has 1 saturated carbocycles. The number of aliphatic hydroxyl groups excluding tert-OH is 2. The molecular weight excluding hydrogens is 276 g/mol. The number of fused-ring (bicyclic) bond motifs is 1. The molecule has 1 aromatic carbocycles. The molecule has 1 aliphatic heterocycles. The Balaban J connectivity index is 1.87. The SMILES string of the molecule is CO[C@H]1O[C@]2(CO)C(O)[C@]2(OCc2ccccc2)[C@@]1(C)O. The molecule has 0 aromatic heterocycles. The van der Waals surface area contributed by atoms with E-state index in [1.54, 1.807) is 0 Å². The first-order valence-electron chi connectivity index (χ1n) is 6.86. The van der Waals surface area contributed by atoms with Gasteiger partial charge in [-0.25, -0.2) is 0 Å². The van der Waals surface area contributed by atoms with Crippen LogP contribution in [0.15, 0.2) is 30.3 Å². The topological polar surface area (TPSA) is 88.4 Å². The monoisotopic (exact) mass is 296 g/mol. The van der Waals surface area contributed by atoms with Gasteiger partial charge in [-0.15, -0.1) is 0 Å². The molecule has 3 N–H and O–H groups in total. The lowest BCUT2D eigenvalue weighted by molar-refractivity contribution is -0.239. The third-order valence-corrected chi connectivity index (χ3v) is 4.66. The van der Waals surface area contributed by atoms with Gasteiger partial charge in [0.1, 0.15) is 11.7 Å². The van der Waals surface area contributed by atoms with E-state index in [9.17, 15) is 15.3 Å². The molecule has 1 aromatic rings. The van der Waals surface area contributed by atoms with Crippen LogP contribution in [0.3, 0.4) is 0 Å². The first-order valence-corrected chi connectivity index (χ1v) is 6.86. The van der Waals surface area contributed by atoms with Crippen molar-refractivity contribution < 1.29 is 29.5 Å². The minimum Gasteiger partial charge on any atom is -0.393 e.